The Morgan fingerprint density at radius 2 is 1.94 bits per heavy atom. The fourth-order valence-corrected chi connectivity index (χ4v) is 1.34. The van der Waals surface area contributed by atoms with Crippen molar-refractivity contribution >= 4 is 0 Å². The van der Waals surface area contributed by atoms with Crippen LogP contribution in [0.1, 0.15) is 6.42 Å². The van der Waals surface area contributed by atoms with Gasteiger partial charge in [0.15, 0.2) is 11.5 Å². The molecule has 0 unspecified atom stereocenters. The van der Waals surface area contributed by atoms with Crippen LogP contribution < -0.4 is 20.5 Å². The summed E-state index contributed by atoms with van der Waals surface area (Å²) in [6.45, 7) is 3.13. The topological polar surface area (TPSA) is 56.5 Å². The summed E-state index contributed by atoms with van der Waals surface area (Å²) in [7, 11) is 1.64. The molecule has 0 aliphatic rings. The zero-order chi connectivity index (χ0) is 11.6. The Morgan fingerprint density at radius 3 is 2.62 bits per heavy atom. The van der Waals surface area contributed by atoms with Gasteiger partial charge in [-0.15, -0.1) is 0 Å². The second kappa shape index (κ2) is 7.96. The zero-order valence-electron chi connectivity index (χ0n) is 9.74. The third kappa shape index (κ3) is 4.51. The van der Waals surface area contributed by atoms with E-state index in [1.165, 1.54) is 0 Å². The van der Waals surface area contributed by atoms with Crippen molar-refractivity contribution in [2.45, 2.75) is 6.42 Å². The number of para-hydroxylation sites is 2. The molecule has 0 radical (unpaired) electrons. The van der Waals surface area contributed by atoms with Gasteiger partial charge in [-0.1, -0.05) is 12.1 Å². The lowest BCUT2D eigenvalue weighted by molar-refractivity contribution is 0.288. The molecule has 0 bridgehead atoms. The Balaban J connectivity index is 2.21. The lowest BCUT2D eigenvalue weighted by Gasteiger charge is -2.10. The van der Waals surface area contributed by atoms with Gasteiger partial charge in [0, 0.05) is 13.1 Å². The van der Waals surface area contributed by atoms with Crippen molar-refractivity contribution < 1.29 is 9.47 Å². The van der Waals surface area contributed by atoms with Gasteiger partial charge in [0.1, 0.15) is 0 Å². The molecule has 1 aromatic rings. The van der Waals surface area contributed by atoms with Gasteiger partial charge >= 0.3 is 0 Å². The van der Waals surface area contributed by atoms with Gasteiger partial charge in [-0.05, 0) is 25.1 Å². The summed E-state index contributed by atoms with van der Waals surface area (Å²) in [5.74, 6) is 1.57. The van der Waals surface area contributed by atoms with Crippen LogP contribution in [0.3, 0.4) is 0 Å². The lowest BCUT2D eigenvalue weighted by atomic mass is 10.3. The van der Waals surface area contributed by atoms with Crippen molar-refractivity contribution in [3.8, 4) is 11.5 Å². The molecule has 16 heavy (non-hydrogen) atoms. The van der Waals surface area contributed by atoms with Crippen LogP contribution in [0.4, 0.5) is 0 Å². The highest BCUT2D eigenvalue weighted by molar-refractivity contribution is 5.39. The smallest absolute Gasteiger partial charge is 0.161 e. The van der Waals surface area contributed by atoms with Crippen LogP contribution in [0.2, 0.25) is 0 Å². The highest BCUT2D eigenvalue weighted by Gasteiger charge is 2.01. The molecule has 0 amide bonds. The van der Waals surface area contributed by atoms with Gasteiger partial charge < -0.3 is 20.5 Å². The number of hydrogen-bond acceptors (Lipinski definition) is 4. The molecule has 0 spiro atoms. The molecule has 0 aromatic heterocycles. The van der Waals surface area contributed by atoms with E-state index >= 15 is 0 Å². The van der Waals surface area contributed by atoms with Crippen molar-refractivity contribution in [2.24, 2.45) is 5.73 Å². The van der Waals surface area contributed by atoms with Crippen molar-refractivity contribution in [1.29, 1.82) is 0 Å². The second-order valence-electron chi connectivity index (χ2n) is 3.39. The summed E-state index contributed by atoms with van der Waals surface area (Å²) in [5.41, 5.74) is 5.36. The van der Waals surface area contributed by atoms with Crippen LogP contribution in [0, 0.1) is 0 Å². The first-order valence-electron chi connectivity index (χ1n) is 5.55. The molecule has 0 aliphatic carbocycles. The average Bonchev–Trinajstić information content (AvgIpc) is 2.34. The summed E-state index contributed by atoms with van der Waals surface area (Å²) >= 11 is 0. The van der Waals surface area contributed by atoms with E-state index in [9.17, 15) is 0 Å². The Bertz CT molecular complexity index is 292. The fourth-order valence-electron chi connectivity index (χ4n) is 1.34. The lowest BCUT2D eigenvalue weighted by Crippen LogP contribution is -2.24. The van der Waals surface area contributed by atoms with Crippen LogP contribution in [0.25, 0.3) is 0 Å². The zero-order valence-corrected chi connectivity index (χ0v) is 9.74. The van der Waals surface area contributed by atoms with Crippen LogP contribution in [-0.2, 0) is 0 Å². The van der Waals surface area contributed by atoms with Gasteiger partial charge in [-0.3, -0.25) is 0 Å². The Morgan fingerprint density at radius 1 is 1.19 bits per heavy atom. The fraction of sp³-hybridized carbons (Fsp3) is 0.500. The first kappa shape index (κ1) is 12.8. The summed E-state index contributed by atoms with van der Waals surface area (Å²) in [6.07, 6.45) is 0.956. The molecule has 1 aromatic carbocycles. The maximum atomic E-state index is 5.61. The standard InChI is InChI=1S/C12H20N2O2/c1-15-11-5-2-3-6-12(11)16-10-4-8-14-9-7-13/h2-3,5-6,14H,4,7-10,13H2,1H3. The molecule has 0 fully saturated rings. The van der Waals surface area contributed by atoms with E-state index in [-0.39, 0.29) is 0 Å². The van der Waals surface area contributed by atoms with Crippen LogP contribution in [-0.4, -0.2) is 33.4 Å². The van der Waals surface area contributed by atoms with E-state index in [1.54, 1.807) is 7.11 Å². The van der Waals surface area contributed by atoms with Gasteiger partial charge in [0.2, 0.25) is 0 Å². The van der Waals surface area contributed by atoms with Gasteiger partial charge in [-0.25, -0.2) is 0 Å². The van der Waals surface area contributed by atoms with E-state index < -0.39 is 0 Å². The first-order chi connectivity index (χ1) is 7.88. The molecule has 0 saturated heterocycles. The van der Waals surface area contributed by atoms with E-state index in [2.05, 4.69) is 5.32 Å². The normalized spacial score (nSPS) is 10.1. The SMILES string of the molecule is COc1ccccc1OCCCNCCN. The molecular formula is C12H20N2O2. The summed E-state index contributed by atoms with van der Waals surface area (Å²) in [6, 6.07) is 7.66. The molecule has 4 nitrogen and oxygen atoms in total. The van der Waals surface area contributed by atoms with Crippen molar-refractivity contribution in [2.75, 3.05) is 33.4 Å². The monoisotopic (exact) mass is 224 g/mol. The predicted molar refractivity (Wildman–Crippen MR) is 65.0 cm³/mol. The third-order valence-corrected chi connectivity index (χ3v) is 2.15. The molecule has 90 valence electrons. The van der Waals surface area contributed by atoms with E-state index in [0.717, 1.165) is 31.0 Å². The van der Waals surface area contributed by atoms with Gasteiger partial charge in [0.25, 0.3) is 0 Å². The number of nitrogens with two attached hydrogens (primary N) is 1. The number of methoxy groups -OCH3 is 1. The quantitative estimate of drug-likeness (QED) is 0.647. The molecule has 0 heterocycles. The van der Waals surface area contributed by atoms with Crippen molar-refractivity contribution in [1.82, 2.24) is 5.32 Å². The molecule has 0 atom stereocenters. The summed E-state index contributed by atoms with van der Waals surface area (Å²) < 4.78 is 10.8. The minimum absolute atomic E-state index is 0.674. The van der Waals surface area contributed by atoms with Gasteiger partial charge in [0.05, 0.1) is 13.7 Å². The molecule has 1 rings (SSSR count). The average molecular weight is 224 g/mol. The highest BCUT2D eigenvalue weighted by Crippen LogP contribution is 2.25. The number of nitrogens with one attached hydrogen (secondary N) is 1. The third-order valence-electron chi connectivity index (χ3n) is 2.15. The van der Waals surface area contributed by atoms with Crippen LogP contribution >= 0.6 is 0 Å². The number of benzene rings is 1. The summed E-state index contributed by atoms with van der Waals surface area (Å²) in [5, 5.41) is 3.21. The minimum Gasteiger partial charge on any atom is -0.493 e. The molecule has 0 saturated carbocycles. The maximum Gasteiger partial charge on any atom is 0.161 e. The Hall–Kier alpha value is -1.26. The van der Waals surface area contributed by atoms with E-state index in [1.807, 2.05) is 24.3 Å². The first-order valence-corrected chi connectivity index (χ1v) is 5.55. The Labute approximate surface area is 96.7 Å². The maximum absolute atomic E-state index is 5.61. The molecule has 0 aliphatic heterocycles. The second-order valence-corrected chi connectivity index (χ2v) is 3.39. The van der Waals surface area contributed by atoms with Gasteiger partial charge in [-0.2, -0.15) is 0 Å². The summed E-state index contributed by atoms with van der Waals surface area (Å²) in [4.78, 5) is 0. The molecular weight excluding hydrogens is 204 g/mol. The molecule has 4 heteroatoms. The highest BCUT2D eigenvalue weighted by atomic mass is 16.5. The minimum atomic E-state index is 0.674. The number of ether oxygens (including phenoxy) is 2. The Kier molecular flexibility index (Phi) is 6.37. The predicted octanol–water partition coefficient (Wildman–Crippen LogP) is 1.01. The van der Waals surface area contributed by atoms with Crippen LogP contribution in [0.15, 0.2) is 24.3 Å². The van der Waals surface area contributed by atoms with E-state index in [4.69, 9.17) is 15.2 Å². The van der Waals surface area contributed by atoms with Crippen LogP contribution in [0.5, 0.6) is 11.5 Å². The van der Waals surface area contributed by atoms with E-state index in [0.29, 0.717) is 13.2 Å². The number of rotatable bonds is 8. The van der Waals surface area contributed by atoms with Crippen molar-refractivity contribution in [3.05, 3.63) is 24.3 Å². The molecule has 3 N–H and O–H groups in total. The largest absolute Gasteiger partial charge is 0.493 e. The van der Waals surface area contributed by atoms with Crippen molar-refractivity contribution in [3.63, 3.8) is 0 Å². The number of hydrogen-bond donors (Lipinski definition) is 2.